The first-order valence-electron chi connectivity index (χ1n) is 6.14. The summed E-state index contributed by atoms with van der Waals surface area (Å²) in [6.07, 6.45) is -0.477. The van der Waals surface area contributed by atoms with E-state index in [0.717, 1.165) is 13.1 Å². The molecule has 0 aromatic rings. The Morgan fingerprint density at radius 1 is 1.22 bits per heavy atom. The molecule has 18 heavy (non-hydrogen) atoms. The number of hydrogen-bond acceptors (Lipinski definition) is 5. The van der Waals surface area contributed by atoms with E-state index in [9.17, 15) is 9.59 Å². The van der Waals surface area contributed by atoms with Crippen LogP contribution >= 0.6 is 0 Å². The van der Waals surface area contributed by atoms with Crippen molar-refractivity contribution < 1.29 is 19.1 Å². The van der Waals surface area contributed by atoms with Crippen LogP contribution in [-0.2, 0) is 14.3 Å². The van der Waals surface area contributed by atoms with Crippen LogP contribution in [0, 0.1) is 5.92 Å². The van der Waals surface area contributed by atoms with Gasteiger partial charge in [-0.3, -0.25) is 9.80 Å². The summed E-state index contributed by atoms with van der Waals surface area (Å²) in [5, 5.41) is 0. The summed E-state index contributed by atoms with van der Waals surface area (Å²) in [6, 6.07) is -0.574. The highest BCUT2D eigenvalue weighted by atomic mass is 16.5. The average Bonchev–Trinajstić information content (AvgIpc) is 2.36. The van der Waals surface area contributed by atoms with Crippen LogP contribution < -0.4 is 0 Å². The lowest BCUT2D eigenvalue weighted by Gasteiger charge is -2.39. The smallest absolute Gasteiger partial charge is 0.410 e. The Kier molecular flexibility index (Phi) is 5.40. The molecule has 1 unspecified atom stereocenters. The highest BCUT2D eigenvalue weighted by molar-refractivity contribution is 5.81. The molecule has 0 aromatic carbocycles. The van der Waals surface area contributed by atoms with Gasteiger partial charge in [0.2, 0.25) is 0 Å². The third-order valence-corrected chi connectivity index (χ3v) is 2.97. The van der Waals surface area contributed by atoms with Gasteiger partial charge in [0.15, 0.2) is 0 Å². The molecule has 6 heteroatoms. The van der Waals surface area contributed by atoms with Crippen LogP contribution in [0.4, 0.5) is 4.79 Å². The summed E-state index contributed by atoms with van der Waals surface area (Å²) in [7, 11) is 2.65. The Balaban J connectivity index is 2.73. The number of hydrogen-bond donors (Lipinski definition) is 0. The molecule has 0 N–H and O–H groups in total. The maximum atomic E-state index is 11.7. The molecule has 1 fully saturated rings. The van der Waals surface area contributed by atoms with E-state index in [1.807, 2.05) is 0 Å². The summed E-state index contributed by atoms with van der Waals surface area (Å²) >= 11 is 0. The fraction of sp³-hybridized carbons (Fsp3) is 0.833. The monoisotopic (exact) mass is 258 g/mol. The lowest BCUT2D eigenvalue weighted by molar-refractivity contribution is -0.148. The van der Waals surface area contributed by atoms with Crippen LogP contribution in [0.2, 0.25) is 0 Å². The Labute approximate surface area is 108 Å². The molecule has 1 aliphatic heterocycles. The maximum absolute atomic E-state index is 11.7. The zero-order valence-corrected chi connectivity index (χ0v) is 11.5. The molecule has 6 nitrogen and oxygen atoms in total. The second-order valence-corrected chi connectivity index (χ2v) is 4.86. The van der Waals surface area contributed by atoms with E-state index >= 15 is 0 Å². The minimum Gasteiger partial charge on any atom is -0.467 e. The van der Waals surface area contributed by atoms with Gasteiger partial charge in [-0.1, -0.05) is 13.8 Å². The van der Waals surface area contributed by atoms with Gasteiger partial charge in [-0.2, -0.15) is 0 Å². The second-order valence-electron chi connectivity index (χ2n) is 4.86. The SMILES string of the molecule is COC(=O)C1CN(CC(C)C)CCN1C(=O)OC. The van der Waals surface area contributed by atoms with Crippen LogP contribution in [0.5, 0.6) is 0 Å². The molecule has 0 aromatic heterocycles. The summed E-state index contributed by atoms with van der Waals surface area (Å²) in [4.78, 5) is 26.9. The number of rotatable bonds is 3. The Hall–Kier alpha value is -1.30. The van der Waals surface area contributed by atoms with E-state index in [4.69, 9.17) is 9.47 Å². The minimum atomic E-state index is -0.574. The number of ether oxygens (including phenoxy) is 2. The van der Waals surface area contributed by atoms with E-state index in [2.05, 4.69) is 18.7 Å². The largest absolute Gasteiger partial charge is 0.467 e. The zero-order valence-electron chi connectivity index (χ0n) is 11.5. The summed E-state index contributed by atoms with van der Waals surface area (Å²) in [5.74, 6) is 0.127. The highest BCUT2D eigenvalue weighted by Crippen LogP contribution is 2.14. The van der Waals surface area contributed by atoms with Crippen molar-refractivity contribution in [1.29, 1.82) is 0 Å². The first kappa shape index (κ1) is 14.8. The number of carbonyl (C=O) groups excluding carboxylic acids is 2. The first-order valence-corrected chi connectivity index (χ1v) is 6.14. The molecule has 0 bridgehead atoms. The standard InChI is InChI=1S/C12H22N2O4/c1-9(2)7-13-5-6-14(12(16)18-4)10(8-13)11(15)17-3/h9-10H,5-8H2,1-4H3. The molecule has 0 saturated carbocycles. The van der Waals surface area contributed by atoms with Crippen LogP contribution in [0.25, 0.3) is 0 Å². The topological polar surface area (TPSA) is 59.1 Å². The Morgan fingerprint density at radius 2 is 1.89 bits per heavy atom. The van der Waals surface area contributed by atoms with E-state index in [0.29, 0.717) is 19.0 Å². The van der Waals surface area contributed by atoms with Gasteiger partial charge >= 0.3 is 12.1 Å². The van der Waals surface area contributed by atoms with Crippen LogP contribution in [0.3, 0.4) is 0 Å². The third-order valence-electron chi connectivity index (χ3n) is 2.97. The van der Waals surface area contributed by atoms with Gasteiger partial charge < -0.3 is 9.47 Å². The molecule has 0 radical (unpaired) electrons. The van der Waals surface area contributed by atoms with E-state index in [-0.39, 0.29) is 0 Å². The number of amides is 1. The van der Waals surface area contributed by atoms with Gasteiger partial charge in [0.25, 0.3) is 0 Å². The molecular weight excluding hydrogens is 236 g/mol. The number of piperazine rings is 1. The van der Waals surface area contributed by atoms with Crippen molar-refractivity contribution in [2.75, 3.05) is 40.4 Å². The Bertz CT molecular complexity index is 306. The molecule has 0 aliphatic carbocycles. The minimum absolute atomic E-state index is 0.395. The van der Waals surface area contributed by atoms with Crippen molar-refractivity contribution in [2.45, 2.75) is 19.9 Å². The number of esters is 1. The Morgan fingerprint density at radius 3 is 2.39 bits per heavy atom. The van der Waals surface area contributed by atoms with Gasteiger partial charge in [-0.15, -0.1) is 0 Å². The van der Waals surface area contributed by atoms with Gasteiger partial charge in [0.1, 0.15) is 6.04 Å². The lowest BCUT2D eigenvalue weighted by atomic mass is 10.1. The molecule has 1 atom stereocenters. The number of nitrogens with zero attached hydrogens (tertiary/aromatic N) is 2. The molecule has 1 rings (SSSR count). The van der Waals surface area contributed by atoms with Gasteiger partial charge in [-0.05, 0) is 5.92 Å². The van der Waals surface area contributed by atoms with Crippen LogP contribution in [0.15, 0.2) is 0 Å². The van der Waals surface area contributed by atoms with Gasteiger partial charge in [-0.25, -0.2) is 9.59 Å². The van der Waals surface area contributed by atoms with E-state index in [1.54, 1.807) is 0 Å². The maximum Gasteiger partial charge on any atom is 0.410 e. The first-order chi connectivity index (χ1) is 8.49. The molecule has 1 amide bonds. The number of methoxy groups -OCH3 is 2. The van der Waals surface area contributed by atoms with Crippen molar-refractivity contribution in [3.63, 3.8) is 0 Å². The molecule has 104 valence electrons. The zero-order chi connectivity index (χ0) is 13.7. The number of carbonyl (C=O) groups is 2. The van der Waals surface area contributed by atoms with E-state index < -0.39 is 18.1 Å². The van der Waals surface area contributed by atoms with Gasteiger partial charge in [0.05, 0.1) is 14.2 Å². The summed E-state index contributed by atoms with van der Waals surface area (Å²) < 4.78 is 9.44. The fourth-order valence-corrected chi connectivity index (χ4v) is 2.20. The van der Waals surface area contributed by atoms with E-state index in [1.165, 1.54) is 19.1 Å². The molecule has 0 spiro atoms. The quantitative estimate of drug-likeness (QED) is 0.693. The van der Waals surface area contributed by atoms with Crippen molar-refractivity contribution in [1.82, 2.24) is 9.80 Å². The highest BCUT2D eigenvalue weighted by Gasteiger charge is 2.36. The molecule has 1 heterocycles. The predicted molar refractivity (Wildman–Crippen MR) is 66.2 cm³/mol. The van der Waals surface area contributed by atoms with Crippen molar-refractivity contribution in [3.8, 4) is 0 Å². The average molecular weight is 258 g/mol. The lowest BCUT2D eigenvalue weighted by Crippen LogP contribution is -2.58. The van der Waals surface area contributed by atoms with Crippen molar-refractivity contribution in [2.24, 2.45) is 5.92 Å². The molecule has 1 aliphatic rings. The van der Waals surface area contributed by atoms with Crippen LogP contribution in [0.1, 0.15) is 13.8 Å². The van der Waals surface area contributed by atoms with Crippen molar-refractivity contribution >= 4 is 12.1 Å². The summed E-state index contributed by atoms with van der Waals surface area (Å²) in [6.45, 7) is 6.89. The fourth-order valence-electron chi connectivity index (χ4n) is 2.20. The third kappa shape index (κ3) is 3.60. The predicted octanol–water partition coefficient (Wildman–Crippen LogP) is 0.568. The second kappa shape index (κ2) is 6.58. The van der Waals surface area contributed by atoms with Crippen LogP contribution in [-0.4, -0.2) is 68.3 Å². The van der Waals surface area contributed by atoms with Gasteiger partial charge in [0, 0.05) is 26.2 Å². The molecule has 1 saturated heterocycles. The summed E-state index contributed by atoms with van der Waals surface area (Å²) in [5.41, 5.74) is 0. The van der Waals surface area contributed by atoms with Crippen molar-refractivity contribution in [3.05, 3.63) is 0 Å². The normalized spacial score (nSPS) is 20.9. The molecular formula is C12H22N2O4.